The zero-order valence-electron chi connectivity index (χ0n) is 12.4. The van der Waals surface area contributed by atoms with Crippen molar-refractivity contribution in [2.75, 3.05) is 11.9 Å². The minimum absolute atomic E-state index is 0.0541. The average Bonchev–Trinajstić information content (AvgIpc) is 2.92. The molecule has 1 aromatic carbocycles. The van der Waals surface area contributed by atoms with Gasteiger partial charge in [-0.25, -0.2) is 0 Å². The maximum absolute atomic E-state index is 11.6. The van der Waals surface area contributed by atoms with Crippen LogP contribution < -0.4 is 11.1 Å². The number of rotatable bonds is 4. The summed E-state index contributed by atoms with van der Waals surface area (Å²) in [4.78, 5) is 11.6. The minimum Gasteiger partial charge on any atom is -0.378 e. The van der Waals surface area contributed by atoms with Gasteiger partial charge in [-0.05, 0) is 55.7 Å². The molecule has 2 aliphatic heterocycles. The molecule has 2 unspecified atom stereocenters. The molecule has 3 N–H and O–H groups in total. The largest absolute Gasteiger partial charge is 0.378 e. The smallest absolute Gasteiger partial charge is 0.224 e. The fourth-order valence-corrected chi connectivity index (χ4v) is 3.23. The van der Waals surface area contributed by atoms with Gasteiger partial charge in [0, 0.05) is 24.8 Å². The molecule has 0 bridgehead atoms. The molecule has 1 aromatic rings. The van der Waals surface area contributed by atoms with Crippen molar-refractivity contribution in [3.8, 4) is 0 Å². The average molecular weight is 288 g/mol. The Morgan fingerprint density at radius 3 is 3.05 bits per heavy atom. The van der Waals surface area contributed by atoms with Gasteiger partial charge in [0.1, 0.15) is 0 Å². The van der Waals surface area contributed by atoms with Crippen LogP contribution >= 0.6 is 0 Å². The molecule has 1 amide bonds. The van der Waals surface area contributed by atoms with E-state index in [9.17, 15) is 4.79 Å². The Morgan fingerprint density at radius 2 is 2.24 bits per heavy atom. The number of hydrogen-bond acceptors (Lipinski definition) is 3. The standard InChI is InChI=1S/C17H24N2O2/c18-15(8-7-14-4-2-10-21-14)12-6-9-16-13(11-12)3-1-5-17(20)19-16/h6,9,11,14-15H,1-5,7-8,10,18H2,(H,19,20). The molecule has 3 rings (SSSR count). The van der Waals surface area contributed by atoms with E-state index in [1.807, 2.05) is 12.1 Å². The Bertz CT molecular complexity index is 510. The topological polar surface area (TPSA) is 64.3 Å². The van der Waals surface area contributed by atoms with Crippen LogP contribution in [-0.2, 0) is 16.0 Å². The predicted octanol–water partition coefficient (Wildman–Crippen LogP) is 2.92. The Labute approximate surface area is 126 Å². The lowest BCUT2D eigenvalue weighted by molar-refractivity contribution is -0.116. The summed E-state index contributed by atoms with van der Waals surface area (Å²) >= 11 is 0. The first-order valence-electron chi connectivity index (χ1n) is 8.02. The number of aryl methyl sites for hydroxylation is 1. The van der Waals surface area contributed by atoms with Crippen molar-refractivity contribution in [3.63, 3.8) is 0 Å². The van der Waals surface area contributed by atoms with Crippen LogP contribution in [0.3, 0.4) is 0 Å². The summed E-state index contributed by atoms with van der Waals surface area (Å²) in [7, 11) is 0. The lowest BCUT2D eigenvalue weighted by atomic mass is 9.96. The van der Waals surface area contributed by atoms with Crippen LogP contribution in [0.5, 0.6) is 0 Å². The van der Waals surface area contributed by atoms with Crippen LogP contribution in [0.25, 0.3) is 0 Å². The first-order valence-corrected chi connectivity index (χ1v) is 8.02. The maximum atomic E-state index is 11.6. The summed E-state index contributed by atoms with van der Waals surface area (Å²) in [5, 5.41) is 2.97. The number of hydrogen-bond donors (Lipinski definition) is 2. The van der Waals surface area contributed by atoms with E-state index >= 15 is 0 Å². The van der Waals surface area contributed by atoms with Crippen LogP contribution in [0.4, 0.5) is 5.69 Å². The van der Waals surface area contributed by atoms with Crippen molar-refractivity contribution in [3.05, 3.63) is 29.3 Å². The highest BCUT2D eigenvalue weighted by Gasteiger charge is 2.18. The first-order chi connectivity index (χ1) is 10.2. The summed E-state index contributed by atoms with van der Waals surface area (Å²) in [6, 6.07) is 6.27. The molecule has 114 valence electrons. The number of nitrogens with one attached hydrogen (secondary N) is 1. The van der Waals surface area contributed by atoms with Gasteiger partial charge in [-0.15, -0.1) is 0 Å². The molecule has 21 heavy (non-hydrogen) atoms. The molecule has 1 fully saturated rings. The Hall–Kier alpha value is -1.39. The predicted molar refractivity (Wildman–Crippen MR) is 83.1 cm³/mol. The molecule has 0 radical (unpaired) electrons. The van der Waals surface area contributed by atoms with Gasteiger partial charge in [0.05, 0.1) is 6.10 Å². The van der Waals surface area contributed by atoms with Crippen LogP contribution in [0.15, 0.2) is 18.2 Å². The van der Waals surface area contributed by atoms with Crippen LogP contribution in [-0.4, -0.2) is 18.6 Å². The van der Waals surface area contributed by atoms with Crippen molar-refractivity contribution in [2.45, 2.75) is 57.1 Å². The van der Waals surface area contributed by atoms with Gasteiger partial charge in [0.15, 0.2) is 0 Å². The Kier molecular flexibility index (Phi) is 4.56. The summed E-state index contributed by atoms with van der Waals surface area (Å²) in [6.07, 6.45) is 7.20. The van der Waals surface area contributed by atoms with E-state index in [4.69, 9.17) is 10.5 Å². The molecule has 1 saturated heterocycles. The van der Waals surface area contributed by atoms with E-state index in [1.54, 1.807) is 0 Å². The summed E-state index contributed by atoms with van der Waals surface area (Å²) in [5.41, 5.74) is 9.66. The van der Waals surface area contributed by atoms with Crippen LogP contribution in [0.1, 0.15) is 55.7 Å². The minimum atomic E-state index is 0.0541. The van der Waals surface area contributed by atoms with E-state index in [0.717, 1.165) is 38.0 Å². The number of ether oxygens (including phenoxy) is 1. The van der Waals surface area contributed by atoms with E-state index < -0.39 is 0 Å². The molecule has 4 heteroatoms. The molecule has 0 aromatic heterocycles. The first kappa shape index (κ1) is 14.5. The molecular weight excluding hydrogens is 264 g/mol. The van der Waals surface area contributed by atoms with Gasteiger partial charge in [-0.2, -0.15) is 0 Å². The molecular formula is C17H24N2O2. The van der Waals surface area contributed by atoms with E-state index in [0.29, 0.717) is 12.5 Å². The van der Waals surface area contributed by atoms with Gasteiger partial charge in [0.25, 0.3) is 0 Å². The van der Waals surface area contributed by atoms with E-state index in [1.165, 1.54) is 24.0 Å². The number of carbonyl (C=O) groups is 1. The van der Waals surface area contributed by atoms with Crippen LogP contribution in [0.2, 0.25) is 0 Å². The number of carbonyl (C=O) groups excluding carboxylic acids is 1. The van der Waals surface area contributed by atoms with Gasteiger partial charge in [-0.1, -0.05) is 12.1 Å². The van der Waals surface area contributed by atoms with E-state index in [2.05, 4.69) is 11.4 Å². The third kappa shape index (κ3) is 3.63. The molecule has 2 aliphatic rings. The lowest BCUT2D eigenvalue weighted by Gasteiger charge is -2.17. The zero-order valence-corrected chi connectivity index (χ0v) is 12.4. The van der Waals surface area contributed by atoms with Gasteiger partial charge in [-0.3, -0.25) is 4.79 Å². The maximum Gasteiger partial charge on any atom is 0.224 e. The van der Waals surface area contributed by atoms with E-state index in [-0.39, 0.29) is 11.9 Å². The summed E-state index contributed by atoms with van der Waals surface area (Å²) < 4.78 is 5.66. The summed E-state index contributed by atoms with van der Waals surface area (Å²) in [5.74, 6) is 0.115. The normalized spacial score (nSPS) is 23.3. The second kappa shape index (κ2) is 6.58. The van der Waals surface area contributed by atoms with Gasteiger partial charge in [0.2, 0.25) is 5.91 Å². The summed E-state index contributed by atoms with van der Waals surface area (Å²) in [6.45, 7) is 0.901. The van der Waals surface area contributed by atoms with Crippen LogP contribution in [0, 0.1) is 0 Å². The SMILES string of the molecule is NC(CCC1CCCO1)c1ccc2c(c1)CCCC(=O)N2. The second-order valence-electron chi connectivity index (χ2n) is 6.14. The molecule has 2 atom stereocenters. The van der Waals surface area contributed by atoms with Gasteiger partial charge < -0.3 is 15.8 Å². The molecule has 0 saturated carbocycles. The second-order valence-corrected chi connectivity index (χ2v) is 6.14. The third-order valence-corrected chi connectivity index (χ3v) is 4.51. The molecule has 0 aliphatic carbocycles. The number of anilines is 1. The highest BCUT2D eigenvalue weighted by Crippen LogP contribution is 2.28. The molecule has 0 spiro atoms. The molecule has 4 nitrogen and oxygen atoms in total. The highest BCUT2D eigenvalue weighted by molar-refractivity contribution is 5.92. The van der Waals surface area contributed by atoms with Crippen molar-refractivity contribution in [1.82, 2.24) is 0 Å². The fourth-order valence-electron chi connectivity index (χ4n) is 3.23. The third-order valence-electron chi connectivity index (χ3n) is 4.51. The molecule has 2 heterocycles. The van der Waals surface area contributed by atoms with Crippen molar-refractivity contribution in [2.24, 2.45) is 5.73 Å². The monoisotopic (exact) mass is 288 g/mol. The Balaban J connectivity index is 1.64. The Morgan fingerprint density at radius 1 is 1.33 bits per heavy atom. The lowest BCUT2D eigenvalue weighted by Crippen LogP contribution is -2.15. The highest BCUT2D eigenvalue weighted by atomic mass is 16.5. The number of amides is 1. The van der Waals surface area contributed by atoms with Gasteiger partial charge >= 0.3 is 0 Å². The van der Waals surface area contributed by atoms with Crippen molar-refractivity contribution < 1.29 is 9.53 Å². The van der Waals surface area contributed by atoms with Crippen molar-refractivity contribution in [1.29, 1.82) is 0 Å². The number of benzene rings is 1. The number of nitrogens with two attached hydrogens (primary N) is 1. The number of fused-ring (bicyclic) bond motifs is 1. The fraction of sp³-hybridized carbons (Fsp3) is 0.588. The zero-order chi connectivity index (χ0) is 14.7. The quantitative estimate of drug-likeness (QED) is 0.895. The van der Waals surface area contributed by atoms with Crippen molar-refractivity contribution >= 4 is 11.6 Å².